The van der Waals surface area contributed by atoms with Gasteiger partial charge in [-0.25, -0.2) is 9.97 Å². The van der Waals surface area contributed by atoms with Gasteiger partial charge in [0.05, 0.1) is 0 Å². The number of rotatable bonds is 4. The Morgan fingerprint density at radius 2 is 2.28 bits per heavy atom. The number of carbonyl (C=O) groups is 1. The first-order valence-electron chi connectivity index (χ1n) is 6.11. The summed E-state index contributed by atoms with van der Waals surface area (Å²) < 4.78 is 0. The molecule has 0 radical (unpaired) electrons. The number of carboxylic acids is 1. The van der Waals surface area contributed by atoms with Crippen LogP contribution in [0.1, 0.15) is 24.3 Å². The van der Waals surface area contributed by atoms with Crippen molar-refractivity contribution in [1.29, 1.82) is 0 Å². The molecular formula is C12H18N4O2. The number of aromatic nitrogens is 2. The monoisotopic (exact) mass is 250 g/mol. The number of carboxylic acid groups (broad SMARTS) is 1. The van der Waals surface area contributed by atoms with Crippen molar-refractivity contribution in [2.24, 2.45) is 0 Å². The predicted octanol–water partition coefficient (Wildman–Crippen LogP) is 0.782. The van der Waals surface area contributed by atoms with Crippen molar-refractivity contribution in [3.8, 4) is 0 Å². The minimum absolute atomic E-state index is 0.161. The number of hydrogen-bond donors (Lipinski definition) is 2. The van der Waals surface area contributed by atoms with E-state index in [4.69, 9.17) is 5.11 Å². The van der Waals surface area contributed by atoms with E-state index >= 15 is 0 Å². The summed E-state index contributed by atoms with van der Waals surface area (Å²) in [4.78, 5) is 21.0. The summed E-state index contributed by atoms with van der Waals surface area (Å²) in [5, 5.41) is 11.2. The molecule has 0 aromatic carbocycles. The van der Waals surface area contributed by atoms with E-state index in [-0.39, 0.29) is 6.54 Å². The van der Waals surface area contributed by atoms with Crippen molar-refractivity contribution in [1.82, 2.24) is 14.9 Å². The summed E-state index contributed by atoms with van der Waals surface area (Å²) in [6.45, 7) is 2.02. The molecule has 1 fully saturated rings. The van der Waals surface area contributed by atoms with Crippen LogP contribution in [0, 0.1) is 0 Å². The van der Waals surface area contributed by atoms with Gasteiger partial charge >= 0.3 is 5.97 Å². The van der Waals surface area contributed by atoms with E-state index in [0.29, 0.717) is 11.9 Å². The fourth-order valence-corrected chi connectivity index (χ4v) is 2.23. The molecule has 18 heavy (non-hydrogen) atoms. The number of aliphatic carboxylic acids is 1. The van der Waals surface area contributed by atoms with Crippen LogP contribution in [0.2, 0.25) is 0 Å². The van der Waals surface area contributed by atoms with Gasteiger partial charge in [-0.15, -0.1) is 0 Å². The van der Waals surface area contributed by atoms with Crippen LogP contribution in [0.5, 0.6) is 0 Å². The minimum Gasteiger partial charge on any atom is -0.480 e. The second-order valence-corrected chi connectivity index (χ2v) is 4.69. The molecule has 2 N–H and O–H groups in total. The summed E-state index contributed by atoms with van der Waals surface area (Å²) in [5.41, 5.74) is 1.13. The van der Waals surface area contributed by atoms with Gasteiger partial charge in [0, 0.05) is 18.9 Å². The van der Waals surface area contributed by atoms with Crippen molar-refractivity contribution in [2.75, 3.05) is 32.0 Å². The van der Waals surface area contributed by atoms with Crippen LogP contribution in [-0.4, -0.2) is 52.6 Å². The zero-order chi connectivity index (χ0) is 13.0. The highest BCUT2D eigenvalue weighted by Gasteiger charge is 2.19. The SMILES string of the molecule is CN1CCCC(c2cnc(NCC(=O)O)nc2)C1. The molecule has 0 amide bonds. The average Bonchev–Trinajstić information content (AvgIpc) is 2.37. The van der Waals surface area contributed by atoms with Crippen LogP contribution in [0.4, 0.5) is 5.95 Å². The van der Waals surface area contributed by atoms with Crippen molar-refractivity contribution < 1.29 is 9.90 Å². The lowest BCUT2D eigenvalue weighted by atomic mass is 9.93. The molecule has 2 rings (SSSR count). The quantitative estimate of drug-likeness (QED) is 0.822. The molecule has 1 aromatic rings. The van der Waals surface area contributed by atoms with Gasteiger partial charge in [-0.1, -0.05) is 0 Å². The zero-order valence-electron chi connectivity index (χ0n) is 10.5. The van der Waals surface area contributed by atoms with Gasteiger partial charge in [0.2, 0.25) is 5.95 Å². The van der Waals surface area contributed by atoms with E-state index < -0.39 is 5.97 Å². The number of likely N-dealkylation sites (tertiary alicyclic amines) is 1. The smallest absolute Gasteiger partial charge is 0.322 e. The lowest BCUT2D eigenvalue weighted by molar-refractivity contribution is -0.134. The normalized spacial score (nSPS) is 20.6. The standard InChI is InChI=1S/C12H18N4O2/c1-16-4-2-3-9(8-16)10-5-13-12(14-6-10)15-7-11(17)18/h5-6,9H,2-4,7-8H2,1H3,(H,17,18)(H,13,14,15). The first-order chi connectivity index (χ1) is 8.65. The van der Waals surface area contributed by atoms with Gasteiger partial charge in [-0.2, -0.15) is 0 Å². The Morgan fingerprint density at radius 1 is 1.56 bits per heavy atom. The Morgan fingerprint density at radius 3 is 2.89 bits per heavy atom. The second kappa shape index (κ2) is 5.77. The summed E-state index contributed by atoms with van der Waals surface area (Å²) in [6.07, 6.45) is 5.94. The molecule has 1 unspecified atom stereocenters. The van der Waals surface area contributed by atoms with Gasteiger partial charge in [0.1, 0.15) is 6.54 Å². The summed E-state index contributed by atoms with van der Waals surface area (Å²) in [6, 6.07) is 0. The fourth-order valence-electron chi connectivity index (χ4n) is 2.23. The van der Waals surface area contributed by atoms with Crippen LogP contribution in [0.3, 0.4) is 0 Å². The molecule has 2 heterocycles. The number of piperidine rings is 1. The van der Waals surface area contributed by atoms with Crippen LogP contribution in [0.25, 0.3) is 0 Å². The largest absolute Gasteiger partial charge is 0.480 e. The van der Waals surface area contributed by atoms with Gasteiger partial charge in [-0.05, 0) is 37.9 Å². The molecule has 0 aliphatic carbocycles. The maximum Gasteiger partial charge on any atom is 0.322 e. The van der Waals surface area contributed by atoms with Crippen molar-refractivity contribution in [3.63, 3.8) is 0 Å². The third kappa shape index (κ3) is 3.40. The lowest BCUT2D eigenvalue weighted by Gasteiger charge is -2.29. The predicted molar refractivity (Wildman–Crippen MR) is 67.6 cm³/mol. The Kier molecular flexibility index (Phi) is 4.09. The van der Waals surface area contributed by atoms with E-state index in [1.165, 1.54) is 6.42 Å². The summed E-state index contributed by atoms with van der Waals surface area (Å²) in [5.74, 6) is -0.0702. The van der Waals surface area contributed by atoms with E-state index in [1.54, 1.807) is 12.4 Å². The van der Waals surface area contributed by atoms with Crippen LogP contribution < -0.4 is 5.32 Å². The van der Waals surface area contributed by atoms with E-state index in [2.05, 4.69) is 27.2 Å². The molecule has 0 saturated carbocycles. The molecule has 98 valence electrons. The van der Waals surface area contributed by atoms with Crippen molar-refractivity contribution in [2.45, 2.75) is 18.8 Å². The van der Waals surface area contributed by atoms with E-state index in [1.807, 2.05) is 0 Å². The fraction of sp³-hybridized carbons (Fsp3) is 0.583. The molecule has 0 spiro atoms. The Hall–Kier alpha value is -1.69. The van der Waals surface area contributed by atoms with Crippen LogP contribution >= 0.6 is 0 Å². The first-order valence-corrected chi connectivity index (χ1v) is 6.11. The van der Waals surface area contributed by atoms with Crippen molar-refractivity contribution >= 4 is 11.9 Å². The van der Waals surface area contributed by atoms with Gasteiger partial charge in [-0.3, -0.25) is 4.79 Å². The number of nitrogens with one attached hydrogen (secondary N) is 1. The maximum absolute atomic E-state index is 10.4. The molecule has 1 aliphatic rings. The van der Waals surface area contributed by atoms with Crippen LogP contribution in [-0.2, 0) is 4.79 Å². The average molecular weight is 250 g/mol. The highest BCUT2D eigenvalue weighted by molar-refractivity contribution is 5.71. The number of likely N-dealkylation sites (N-methyl/N-ethyl adjacent to an activating group) is 1. The Balaban J connectivity index is 1.96. The lowest BCUT2D eigenvalue weighted by Crippen LogP contribution is -2.30. The number of hydrogen-bond acceptors (Lipinski definition) is 5. The topological polar surface area (TPSA) is 78.4 Å². The number of anilines is 1. The molecular weight excluding hydrogens is 232 g/mol. The molecule has 6 nitrogen and oxygen atoms in total. The Bertz CT molecular complexity index is 407. The van der Waals surface area contributed by atoms with E-state index in [0.717, 1.165) is 25.1 Å². The third-order valence-electron chi connectivity index (χ3n) is 3.17. The first kappa shape index (κ1) is 12.8. The van der Waals surface area contributed by atoms with Gasteiger partial charge < -0.3 is 15.3 Å². The zero-order valence-corrected chi connectivity index (χ0v) is 10.5. The molecule has 1 atom stereocenters. The third-order valence-corrected chi connectivity index (χ3v) is 3.17. The summed E-state index contributed by atoms with van der Waals surface area (Å²) >= 11 is 0. The maximum atomic E-state index is 10.4. The highest BCUT2D eigenvalue weighted by Crippen LogP contribution is 2.25. The minimum atomic E-state index is -0.920. The van der Waals surface area contributed by atoms with Gasteiger partial charge in [0.15, 0.2) is 0 Å². The molecule has 6 heteroatoms. The van der Waals surface area contributed by atoms with E-state index in [9.17, 15) is 4.79 Å². The molecule has 0 bridgehead atoms. The van der Waals surface area contributed by atoms with Crippen LogP contribution in [0.15, 0.2) is 12.4 Å². The second-order valence-electron chi connectivity index (χ2n) is 4.69. The highest BCUT2D eigenvalue weighted by atomic mass is 16.4. The number of nitrogens with zero attached hydrogens (tertiary/aromatic N) is 3. The molecule has 1 aliphatic heterocycles. The Labute approximate surface area is 106 Å². The summed E-state index contributed by atoms with van der Waals surface area (Å²) in [7, 11) is 2.12. The molecule has 1 aromatic heterocycles. The molecule has 1 saturated heterocycles. The van der Waals surface area contributed by atoms with Crippen molar-refractivity contribution in [3.05, 3.63) is 18.0 Å². The van der Waals surface area contributed by atoms with Gasteiger partial charge in [0.25, 0.3) is 0 Å².